The van der Waals surface area contributed by atoms with Gasteiger partial charge in [-0.05, 0) is 49.3 Å². The Labute approximate surface area is 217 Å². The zero-order chi connectivity index (χ0) is 26.3. The number of hydrogen-bond acceptors (Lipinski definition) is 5. The lowest BCUT2D eigenvalue weighted by atomic mass is 9.68. The maximum absolute atomic E-state index is 13.6. The number of aliphatic carboxylic acids is 1. The van der Waals surface area contributed by atoms with Crippen molar-refractivity contribution in [1.82, 2.24) is 25.5 Å². The first-order chi connectivity index (χ1) is 17.9. The number of aromatic nitrogens is 2. The number of nitrogens with zero attached hydrogens (tertiary/aromatic N) is 2. The van der Waals surface area contributed by atoms with Gasteiger partial charge in [-0.15, -0.1) is 0 Å². The van der Waals surface area contributed by atoms with Crippen molar-refractivity contribution in [2.75, 3.05) is 26.7 Å². The van der Waals surface area contributed by atoms with Crippen molar-refractivity contribution in [3.63, 3.8) is 0 Å². The van der Waals surface area contributed by atoms with Crippen LogP contribution in [0.1, 0.15) is 49.8 Å². The Morgan fingerprint density at radius 3 is 2.49 bits per heavy atom. The largest absolute Gasteiger partial charge is 0.497 e. The molecule has 0 bridgehead atoms. The second-order valence-corrected chi connectivity index (χ2v) is 10.1. The number of likely N-dealkylation sites (tertiary alicyclic amines) is 1. The van der Waals surface area contributed by atoms with Crippen LogP contribution in [0.5, 0.6) is 5.75 Å². The van der Waals surface area contributed by atoms with Crippen LogP contribution in [0.4, 0.5) is 4.79 Å². The Balaban J connectivity index is 1.41. The molecule has 3 amide bonds. The van der Waals surface area contributed by atoms with Crippen molar-refractivity contribution in [3.8, 4) is 5.75 Å². The van der Waals surface area contributed by atoms with E-state index in [4.69, 9.17) is 4.74 Å². The number of carboxylic acid groups (broad SMARTS) is 1. The first-order valence-corrected chi connectivity index (χ1v) is 13.1. The smallest absolute Gasteiger partial charge is 0.315 e. The van der Waals surface area contributed by atoms with Crippen LogP contribution in [-0.2, 0) is 22.4 Å². The summed E-state index contributed by atoms with van der Waals surface area (Å²) >= 11 is 0. The number of carboxylic acids is 1. The minimum absolute atomic E-state index is 0.177. The van der Waals surface area contributed by atoms with Gasteiger partial charge in [-0.3, -0.25) is 9.59 Å². The lowest BCUT2D eigenvalue weighted by Gasteiger charge is -2.43. The van der Waals surface area contributed by atoms with Crippen LogP contribution in [0.25, 0.3) is 0 Å². The number of amides is 3. The van der Waals surface area contributed by atoms with Gasteiger partial charge in [0.25, 0.3) is 0 Å². The second-order valence-electron chi connectivity index (χ2n) is 10.1. The first-order valence-electron chi connectivity index (χ1n) is 13.1. The molecule has 37 heavy (non-hydrogen) atoms. The number of nitrogens with one attached hydrogen (secondary N) is 3. The molecule has 1 saturated carbocycles. The maximum atomic E-state index is 13.6. The fourth-order valence-corrected chi connectivity index (χ4v) is 5.76. The van der Waals surface area contributed by atoms with Crippen LogP contribution < -0.4 is 15.4 Å². The third kappa shape index (κ3) is 6.42. The van der Waals surface area contributed by atoms with Crippen molar-refractivity contribution in [1.29, 1.82) is 0 Å². The Morgan fingerprint density at radius 1 is 1.19 bits per heavy atom. The molecule has 10 nitrogen and oxygen atoms in total. The van der Waals surface area contributed by atoms with Crippen LogP contribution in [0.15, 0.2) is 36.8 Å². The van der Waals surface area contributed by atoms with Gasteiger partial charge in [0.15, 0.2) is 0 Å². The number of urea groups is 1. The quantitative estimate of drug-likeness (QED) is 0.387. The summed E-state index contributed by atoms with van der Waals surface area (Å²) in [5.74, 6) is -0.0405. The number of methoxy groups -OCH3 is 1. The van der Waals surface area contributed by atoms with Crippen molar-refractivity contribution >= 4 is 17.9 Å². The van der Waals surface area contributed by atoms with Crippen LogP contribution in [0.2, 0.25) is 0 Å². The molecular weight excluding hydrogens is 474 g/mol. The Hall–Kier alpha value is -3.56. The number of piperidine rings is 1. The Bertz CT molecular complexity index is 1040. The van der Waals surface area contributed by atoms with Crippen LogP contribution in [-0.4, -0.2) is 70.7 Å². The molecular formula is C27H37N5O5. The average molecular weight is 512 g/mol. The van der Waals surface area contributed by atoms with E-state index in [1.807, 2.05) is 24.3 Å². The molecule has 10 heteroatoms. The third-order valence-corrected chi connectivity index (χ3v) is 7.97. The lowest BCUT2D eigenvalue weighted by molar-refractivity contribution is -0.159. The molecule has 1 atom stereocenters. The standard InChI is InChI=1S/C27H37N5O5/c1-37-22-8-6-19(7-9-22)16-23(31-26(36)29-13-10-21-17-28-18-30-21)24(33)32-14-11-27(12-15-32,25(34)35)20-4-2-3-5-20/h6-9,17-18,20,23H,2-5,10-16H2,1H3,(H,28,30)(H,34,35)(H2,29,31,36). The number of hydrogen-bond donors (Lipinski definition) is 4. The Morgan fingerprint density at radius 2 is 1.89 bits per heavy atom. The summed E-state index contributed by atoms with van der Waals surface area (Å²) < 4.78 is 5.23. The number of rotatable bonds is 10. The van der Waals surface area contributed by atoms with Gasteiger partial charge in [0, 0.05) is 44.4 Å². The van der Waals surface area contributed by atoms with E-state index in [1.165, 1.54) is 0 Å². The van der Waals surface area contributed by atoms with Gasteiger partial charge in [-0.1, -0.05) is 25.0 Å². The fraction of sp³-hybridized carbons (Fsp3) is 0.556. The summed E-state index contributed by atoms with van der Waals surface area (Å²) in [6, 6.07) is 6.21. The zero-order valence-electron chi connectivity index (χ0n) is 21.4. The second kappa shape index (κ2) is 12.1. The van der Waals surface area contributed by atoms with E-state index in [2.05, 4.69) is 20.6 Å². The van der Waals surface area contributed by atoms with E-state index >= 15 is 0 Å². The summed E-state index contributed by atoms with van der Waals surface area (Å²) in [6.07, 6.45) is 9.14. The van der Waals surface area contributed by atoms with Crippen molar-refractivity contribution in [2.24, 2.45) is 11.3 Å². The normalized spacial score (nSPS) is 18.2. The molecule has 200 valence electrons. The highest BCUT2D eigenvalue weighted by Crippen LogP contribution is 2.47. The maximum Gasteiger partial charge on any atom is 0.315 e. The van der Waals surface area contributed by atoms with E-state index in [0.29, 0.717) is 51.1 Å². The van der Waals surface area contributed by atoms with Crippen LogP contribution >= 0.6 is 0 Å². The predicted molar refractivity (Wildman–Crippen MR) is 137 cm³/mol. The lowest BCUT2D eigenvalue weighted by Crippen LogP contribution is -2.56. The zero-order valence-corrected chi connectivity index (χ0v) is 21.4. The van der Waals surface area contributed by atoms with Gasteiger partial charge in [-0.2, -0.15) is 0 Å². The summed E-state index contributed by atoms with van der Waals surface area (Å²) in [5, 5.41) is 15.8. The van der Waals surface area contributed by atoms with Gasteiger partial charge in [0.05, 0.1) is 18.9 Å². The molecule has 1 aromatic heterocycles. The molecule has 1 saturated heterocycles. The molecule has 1 aliphatic heterocycles. The predicted octanol–water partition coefficient (Wildman–Crippen LogP) is 2.75. The molecule has 4 N–H and O–H groups in total. The number of carbonyl (C=O) groups excluding carboxylic acids is 2. The molecule has 2 aliphatic rings. The molecule has 2 heterocycles. The van der Waals surface area contributed by atoms with Gasteiger partial charge >= 0.3 is 12.0 Å². The van der Waals surface area contributed by atoms with E-state index in [1.54, 1.807) is 24.5 Å². The van der Waals surface area contributed by atoms with E-state index in [9.17, 15) is 19.5 Å². The molecule has 2 fully saturated rings. The number of carbonyl (C=O) groups is 3. The molecule has 0 radical (unpaired) electrons. The highest BCUT2D eigenvalue weighted by molar-refractivity contribution is 5.87. The number of ether oxygens (including phenoxy) is 1. The number of benzene rings is 1. The van der Waals surface area contributed by atoms with E-state index in [-0.39, 0.29) is 11.8 Å². The summed E-state index contributed by atoms with van der Waals surface area (Å²) in [6.45, 7) is 1.15. The summed E-state index contributed by atoms with van der Waals surface area (Å²) in [4.78, 5) is 47.3. The molecule has 0 spiro atoms. The molecule has 1 unspecified atom stereocenters. The van der Waals surface area contributed by atoms with Crippen molar-refractivity contribution in [2.45, 2.75) is 57.4 Å². The number of H-pyrrole nitrogens is 1. The van der Waals surface area contributed by atoms with Crippen molar-refractivity contribution < 1.29 is 24.2 Å². The van der Waals surface area contributed by atoms with Gasteiger partial charge < -0.3 is 30.4 Å². The minimum Gasteiger partial charge on any atom is -0.497 e. The van der Waals surface area contributed by atoms with Crippen LogP contribution in [0, 0.1) is 11.3 Å². The average Bonchev–Trinajstić information content (AvgIpc) is 3.63. The van der Waals surface area contributed by atoms with E-state index < -0.39 is 23.5 Å². The van der Waals surface area contributed by atoms with Crippen molar-refractivity contribution in [3.05, 3.63) is 48.0 Å². The first kappa shape index (κ1) is 26.5. The molecule has 2 aromatic rings. The summed E-state index contributed by atoms with van der Waals surface area (Å²) in [7, 11) is 1.59. The van der Waals surface area contributed by atoms with Gasteiger partial charge in [-0.25, -0.2) is 9.78 Å². The fourth-order valence-electron chi connectivity index (χ4n) is 5.76. The molecule has 1 aliphatic carbocycles. The SMILES string of the molecule is COc1ccc(CC(NC(=O)NCCc2cnc[nH]2)C(=O)N2CCC(C(=O)O)(C3CCCC3)CC2)cc1. The third-order valence-electron chi connectivity index (χ3n) is 7.97. The summed E-state index contributed by atoms with van der Waals surface area (Å²) in [5.41, 5.74) is 1.04. The highest BCUT2D eigenvalue weighted by atomic mass is 16.5. The van der Waals surface area contributed by atoms with E-state index in [0.717, 1.165) is 36.9 Å². The Kier molecular flexibility index (Phi) is 8.68. The molecule has 1 aromatic carbocycles. The van der Waals surface area contributed by atoms with Gasteiger partial charge in [0.1, 0.15) is 11.8 Å². The minimum atomic E-state index is -0.774. The van der Waals surface area contributed by atoms with Gasteiger partial charge in [0.2, 0.25) is 5.91 Å². The van der Waals surface area contributed by atoms with Crippen LogP contribution in [0.3, 0.4) is 0 Å². The monoisotopic (exact) mass is 511 g/mol. The topological polar surface area (TPSA) is 137 Å². The number of imidazole rings is 1. The number of aromatic amines is 1. The molecule has 4 rings (SSSR count). The highest BCUT2D eigenvalue weighted by Gasteiger charge is 2.49.